The first kappa shape index (κ1) is 21.3. The Morgan fingerprint density at radius 1 is 0.517 bits per heavy atom. The van der Waals surface area contributed by atoms with Crippen molar-refractivity contribution in [3.63, 3.8) is 0 Å². The van der Waals surface area contributed by atoms with Crippen LogP contribution in [0.3, 0.4) is 0 Å². The van der Waals surface area contributed by atoms with E-state index in [4.69, 9.17) is 15.3 Å². The number of phenolic OH excluding ortho intramolecular Hbond substituents is 2. The molecule has 4 rings (SSSR count). The number of rotatable bonds is 2. The summed E-state index contributed by atoms with van der Waals surface area (Å²) in [5.74, 6) is 1.68. The summed E-state index contributed by atoms with van der Waals surface area (Å²) in [6, 6.07) is 13.4. The van der Waals surface area contributed by atoms with Gasteiger partial charge < -0.3 is 15.3 Å². The third kappa shape index (κ3) is 6.00. The molecule has 4 aromatic rings. The molecule has 0 radical (unpaired) electrons. The molecule has 0 atom stereocenters. The first-order valence-electron chi connectivity index (χ1n) is 8.40. The van der Waals surface area contributed by atoms with E-state index in [-0.39, 0.29) is 24.7 Å². The molecule has 0 bridgehead atoms. The highest BCUT2D eigenvalue weighted by Gasteiger charge is 2.00. The van der Waals surface area contributed by atoms with Crippen molar-refractivity contribution in [3.8, 4) is 40.0 Å². The topological polar surface area (TPSA) is 112 Å². The normalized spacial score (nSPS) is 9.69. The first-order chi connectivity index (χ1) is 13.5. The van der Waals surface area contributed by atoms with E-state index in [9.17, 15) is 0 Å². The van der Waals surface area contributed by atoms with Gasteiger partial charge in [0.05, 0.1) is 12.4 Å². The van der Waals surface area contributed by atoms with E-state index in [1.807, 2.05) is 6.92 Å². The van der Waals surface area contributed by atoms with Gasteiger partial charge in [0.2, 0.25) is 0 Å². The second-order valence-corrected chi connectivity index (χ2v) is 5.94. The van der Waals surface area contributed by atoms with E-state index >= 15 is 0 Å². The number of phenols is 2. The maximum absolute atomic E-state index is 9.11. The standard InChI is InChI=1S/C11H10N2O.C10H8N2O2.CH4/c1-8-6-12-11(13-7-8)9-2-4-10(14)5-3-9;13-8-3-1-7(2-4-8)10-11-5-9(14)6-12-10;/h2-7,14H,1H3;1-6,13-14H;1H4. The minimum absolute atomic E-state index is 0. The number of nitrogens with zero attached hydrogens (tertiary/aromatic N) is 4. The maximum Gasteiger partial charge on any atom is 0.159 e. The minimum atomic E-state index is 0. The van der Waals surface area contributed by atoms with Gasteiger partial charge in [0.1, 0.15) is 11.5 Å². The highest BCUT2D eigenvalue weighted by atomic mass is 16.3. The lowest BCUT2D eigenvalue weighted by Crippen LogP contribution is -1.88. The number of aromatic hydroxyl groups is 3. The number of hydrogen-bond acceptors (Lipinski definition) is 7. The molecule has 3 N–H and O–H groups in total. The van der Waals surface area contributed by atoms with E-state index in [1.165, 1.54) is 12.4 Å². The van der Waals surface area contributed by atoms with Crippen molar-refractivity contribution < 1.29 is 15.3 Å². The zero-order chi connectivity index (χ0) is 19.9. The lowest BCUT2D eigenvalue weighted by molar-refractivity contribution is 0.469. The molecule has 2 heterocycles. The van der Waals surface area contributed by atoms with Crippen LogP contribution in [0.5, 0.6) is 17.2 Å². The number of aryl methyl sites for hydroxylation is 1. The summed E-state index contributed by atoms with van der Waals surface area (Å²) in [4.78, 5) is 16.2. The Morgan fingerprint density at radius 3 is 1.24 bits per heavy atom. The predicted molar refractivity (Wildman–Crippen MR) is 111 cm³/mol. The molecule has 0 amide bonds. The van der Waals surface area contributed by atoms with Crippen LogP contribution in [0.25, 0.3) is 22.8 Å². The van der Waals surface area contributed by atoms with Crippen LogP contribution in [-0.4, -0.2) is 35.3 Å². The summed E-state index contributed by atoms with van der Waals surface area (Å²) < 4.78 is 0. The summed E-state index contributed by atoms with van der Waals surface area (Å²) in [6.07, 6.45) is 6.20. The van der Waals surface area contributed by atoms with Crippen molar-refractivity contribution in [2.24, 2.45) is 0 Å². The fourth-order valence-electron chi connectivity index (χ4n) is 2.23. The number of aromatic nitrogens is 4. The van der Waals surface area contributed by atoms with Gasteiger partial charge in [-0.15, -0.1) is 0 Å². The zero-order valence-corrected chi connectivity index (χ0v) is 15.1. The quantitative estimate of drug-likeness (QED) is 0.466. The summed E-state index contributed by atoms with van der Waals surface area (Å²) in [5.41, 5.74) is 2.73. The Bertz CT molecular complexity index is 844. The Hall–Kier alpha value is -4.00. The van der Waals surface area contributed by atoms with Crippen molar-refractivity contribution in [1.29, 1.82) is 0 Å². The molecule has 7 heteroatoms. The maximum atomic E-state index is 9.11. The van der Waals surface area contributed by atoms with Gasteiger partial charge in [-0.1, -0.05) is 7.43 Å². The highest BCUT2D eigenvalue weighted by molar-refractivity contribution is 5.56. The van der Waals surface area contributed by atoms with Crippen LogP contribution in [0, 0.1) is 6.92 Å². The smallest absolute Gasteiger partial charge is 0.159 e. The lowest BCUT2D eigenvalue weighted by atomic mass is 10.2. The summed E-state index contributed by atoms with van der Waals surface area (Å²) in [7, 11) is 0. The molecule has 0 spiro atoms. The number of benzene rings is 2. The minimum Gasteiger partial charge on any atom is -0.508 e. The highest BCUT2D eigenvalue weighted by Crippen LogP contribution is 2.19. The van der Waals surface area contributed by atoms with Crippen LogP contribution in [0.15, 0.2) is 73.3 Å². The van der Waals surface area contributed by atoms with Crippen LogP contribution in [0.1, 0.15) is 13.0 Å². The van der Waals surface area contributed by atoms with Gasteiger partial charge in [-0.3, -0.25) is 0 Å². The molecule has 0 saturated heterocycles. The predicted octanol–water partition coefficient (Wildman–Crippen LogP) is 4.35. The molecule has 0 aliphatic carbocycles. The van der Waals surface area contributed by atoms with Crippen LogP contribution < -0.4 is 0 Å². The van der Waals surface area contributed by atoms with Crippen molar-refractivity contribution in [1.82, 2.24) is 19.9 Å². The van der Waals surface area contributed by atoms with Crippen molar-refractivity contribution >= 4 is 0 Å². The second-order valence-electron chi connectivity index (χ2n) is 5.94. The van der Waals surface area contributed by atoms with E-state index in [2.05, 4.69) is 19.9 Å². The molecule has 148 valence electrons. The van der Waals surface area contributed by atoms with Crippen LogP contribution in [0.4, 0.5) is 0 Å². The van der Waals surface area contributed by atoms with Gasteiger partial charge in [0.15, 0.2) is 17.4 Å². The van der Waals surface area contributed by atoms with E-state index in [0.717, 1.165) is 16.7 Å². The number of hydrogen-bond donors (Lipinski definition) is 3. The average Bonchev–Trinajstić information content (AvgIpc) is 2.71. The van der Waals surface area contributed by atoms with Crippen molar-refractivity contribution in [2.45, 2.75) is 14.4 Å². The monoisotopic (exact) mass is 390 g/mol. The summed E-state index contributed by atoms with van der Waals surface area (Å²) in [6.45, 7) is 1.95. The zero-order valence-electron chi connectivity index (χ0n) is 15.1. The summed E-state index contributed by atoms with van der Waals surface area (Å²) >= 11 is 0. The fourth-order valence-corrected chi connectivity index (χ4v) is 2.23. The van der Waals surface area contributed by atoms with Crippen LogP contribution in [-0.2, 0) is 0 Å². The molecular weight excluding hydrogens is 368 g/mol. The van der Waals surface area contributed by atoms with Gasteiger partial charge in [-0.25, -0.2) is 19.9 Å². The van der Waals surface area contributed by atoms with Gasteiger partial charge in [0, 0.05) is 23.5 Å². The SMILES string of the molecule is C.Cc1cnc(-c2ccc(O)cc2)nc1.Oc1ccc(-c2ncc(O)cn2)cc1. The molecule has 2 aromatic carbocycles. The lowest BCUT2D eigenvalue weighted by Gasteiger charge is -1.99. The Labute approximate surface area is 169 Å². The molecule has 29 heavy (non-hydrogen) atoms. The summed E-state index contributed by atoms with van der Waals surface area (Å²) in [5, 5.41) is 27.2. The molecular formula is C22H22N4O3. The molecule has 7 nitrogen and oxygen atoms in total. The third-order valence-corrected chi connectivity index (χ3v) is 3.67. The van der Waals surface area contributed by atoms with Crippen LogP contribution >= 0.6 is 0 Å². The first-order valence-corrected chi connectivity index (χ1v) is 8.40. The third-order valence-electron chi connectivity index (χ3n) is 3.67. The van der Waals surface area contributed by atoms with Crippen molar-refractivity contribution in [2.75, 3.05) is 0 Å². The van der Waals surface area contributed by atoms with Gasteiger partial charge in [0.25, 0.3) is 0 Å². The Balaban J connectivity index is 0.000000200. The molecule has 0 fully saturated rings. The van der Waals surface area contributed by atoms with Gasteiger partial charge >= 0.3 is 0 Å². The largest absolute Gasteiger partial charge is 0.508 e. The van der Waals surface area contributed by atoms with Crippen LogP contribution in [0.2, 0.25) is 0 Å². The van der Waals surface area contributed by atoms with Crippen molar-refractivity contribution in [3.05, 3.63) is 78.9 Å². The van der Waals surface area contributed by atoms with E-state index in [1.54, 1.807) is 60.9 Å². The Morgan fingerprint density at radius 2 is 0.862 bits per heavy atom. The molecule has 0 aliphatic rings. The fraction of sp³-hybridized carbons (Fsp3) is 0.0909. The van der Waals surface area contributed by atoms with Gasteiger partial charge in [-0.2, -0.15) is 0 Å². The molecule has 0 saturated carbocycles. The van der Waals surface area contributed by atoms with E-state index < -0.39 is 0 Å². The molecule has 0 aliphatic heterocycles. The molecule has 0 unspecified atom stereocenters. The average molecular weight is 390 g/mol. The van der Waals surface area contributed by atoms with E-state index in [0.29, 0.717) is 11.6 Å². The second kappa shape index (κ2) is 9.80. The molecule has 2 aromatic heterocycles. The van der Waals surface area contributed by atoms with Gasteiger partial charge in [-0.05, 0) is 61.0 Å². The Kier molecular flexibility index (Phi) is 7.20.